The van der Waals surface area contributed by atoms with Crippen LogP contribution in [0.15, 0.2) is 23.6 Å². The third kappa shape index (κ3) is 11.7. The maximum absolute atomic E-state index is 14.7. The lowest BCUT2D eigenvalue weighted by Crippen LogP contribution is -2.56. The Labute approximate surface area is 278 Å². The van der Waals surface area contributed by atoms with Crippen molar-refractivity contribution >= 4 is 34.2 Å². The summed E-state index contributed by atoms with van der Waals surface area (Å²) < 4.78 is 0. The molecule has 0 unspecified atom stereocenters. The van der Waals surface area contributed by atoms with E-state index in [0.29, 0.717) is 30.2 Å². The minimum absolute atomic E-state index is 0.122. The number of rotatable bonds is 16. The number of amides is 3. The van der Waals surface area contributed by atoms with E-state index < -0.39 is 30.1 Å². The molecule has 5 N–H and O–H groups in total. The second kappa shape index (κ2) is 17.8. The summed E-state index contributed by atoms with van der Waals surface area (Å²) >= 11 is 1.26. The maximum Gasteiger partial charge on any atom is 0.241 e. The van der Waals surface area contributed by atoms with Gasteiger partial charge < -0.3 is 31.1 Å². The monoisotopic (exact) mass is 657 g/mol. The molecular formula is C35H55N5O5S. The van der Waals surface area contributed by atoms with Gasteiger partial charge in [0.15, 0.2) is 5.13 Å². The number of aliphatic hydroxyl groups is 2. The Balaban J connectivity index is 1.96. The molecule has 0 radical (unpaired) electrons. The molecule has 2 aromatic rings. The highest BCUT2D eigenvalue weighted by Crippen LogP contribution is 2.32. The zero-order valence-corrected chi connectivity index (χ0v) is 29.3. The lowest BCUT2D eigenvalue weighted by atomic mass is 9.81. The molecule has 256 valence electrons. The van der Waals surface area contributed by atoms with Crippen LogP contribution in [0.25, 0.3) is 0 Å². The Hall–Kier alpha value is -3.02. The Bertz CT molecular complexity index is 1270. The third-order valence-corrected chi connectivity index (χ3v) is 9.59. The first-order valence-corrected chi connectivity index (χ1v) is 17.5. The molecule has 1 aliphatic carbocycles. The number of benzene rings is 1. The van der Waals surface area contributed by atoms with Gasteiger partial charge in [-0.3, -0.25) is 14.4 Å². The molecular weight excluding hydrogens is 602 g/mol. The van der Waals surface area contributed by atoms with Gasteiger partial charge >= 0.3 is 0 Å². The molecule has 46 heavy (non-hydrogen) atoms. The van der Waals surface area contributed by atoms with Gasteiger partial charge in [0.2, 0.25) is 17.7 Å². The lowest BCUT2D eigenvalue weighted by Gasteiger charge is -2.41. The van der Waals surface area contributed by atoms with Crippen molar-refractivity contribution in [3.8, 4) is 0 Å². The topological polar surface area (TPSA) is 149 Å². The van der Waals surface area contributed by atoms with Gasteiger partial charge in [-0.2, -0.15) is 0 Å². The highest BCUT2D eigenvalue weighted by molar-refractivity contribution is 7.13. The van der Waals surface area contributed by atoms with E-state index in [9.17, 15) is 24.6 Å². The van der Waals surface area contributed by atoms with Crippen molar-refractivity contribution in [2.24, 2.45) is 17.8 Å². The number of aliphatic hydroxyl groups excluding tert-OH is 2. The minimum atomic E-state index is -1.25. The van der Waals surface area contributed by atoms with Gasteiger partial charge in [-0.15, -0.1) is 11.3 Å². The summed E-state index contributed by atoms with van der Waals surface area (Å²) in [5.74, 6) is -1.51. The van der Waals surface area contributed by atoms with E-state index in [1.54, 1.807) is 19.5 Å². The molecule has 0 aliphatic heterocycles. The van der Waals surface area contributed by atoms with Gasteiger partial charge in [0.25, 0.3) is 0 Å². The fourth-order valence-electron chi connectivity index (χ4n) is 6.56. The molecule has 1 heterocycles. The van der Waals surface area contributed by atoms with E-state index in [-0.39, 0.29) is 43.0 Å². The minimum Gasteiger partial charge on any atom is -0.390 e. The van der Waals surface area contributed by atoms with Crippen molar-refractivity contribution in [1.82, 2.24) is 20.1 Å². The number of anilines is 1. The van der Waals surface area contributed by atoms with Gasteiger partial charge in [-0.25, -0.2) is 4.98 Å². The van der Waals surface area contributed by atoms with E-state index in [1.165, 1.54) is 21.1 Å². The van der Waals surface area contributed by atoms with E-state index in [2.05, 4.69) is 16.4 Å². The summed E-state index contributed by atoms with van der Waals surface area (Å²) in [6, 6.07) is 5.30. The first-order valence-electron chi connectivity index (χ1n) is 16.6. The first-order chi connectivity index (χ1) is 21.7. The predicted molar refractivity (Wildman–Crippen MR) is 183 cm³/mol. The predicted octanol–water partition coefficient (Wildman–Crippen LogP) is 4.23. The molecule has 1 aromatic carbocycles. The number of likely N-dealkylation sites (N-methyl/N-ethyl adjacent to an activating group) is 1. The molecule has 0 saturated heterocycles. The molecule has 0 bridgehead atoms. The first kappa shape index (κ1) is 37.4. The van der Waals surface area contributed by atoms with Crippen LogP contribution >= 0.6 is 11.3 Å². The van der Waals surface area contributed by atoms with E-state index in [4.69, 9.17) is 5.73 Å². The standard InChI is InChI=1S/C35H55N5O5S/c1-22(2)12-30(41)33(44)29(16-25-10-8-7-9-11-25)40(20-32(43)39(5)6)34(45)27(17-28-21-46-35(36)38-28)18-31(42)37-19-26-14-23(3)13-24(4)15-26/h13-15,21-22,25,27,29-30,33,41,44H,7-12,16-20H2,1-6H3,(H2,36,38)(H,37,42)/t27-,29+,30+,33-/m1/s1. The largest absolute Gasteiger partial charge is 0.390 e. The van der Waals surface area contributed by atoms with Crippen LogP contribution in [0.1, 0.15) is 87.6 Å². The molecule has 1 aliphatic rings. The SMILES string of the molecule is Cc1cc(C)cc(CNC(=O)C[C@@H](Cc2csc(N)n2)C(=O)N(CC(=O)N(C)C)[C@@H](CC2CCCCC2)[C@@H](O)[C@@H](O)CC(C)C)c1. The molecule has 3 amide bonds. The number of carbonyl (C=O) groups excluding carboxylic acids is 3. The quantitative estimate of drug-likeness (QED) is 0.211. The van der Waals surface area contributed by atoms with Gasteiger partial charge in [0.05, 0.1) is 23.8 Å². The third-order valence-electron chi connectivity index (χ3n) is 8.87. The Morgan fingerprint density at radius 1 is 1.07 bits per heavy atom. The maximum atomic E-state index is 14.7. The summed E-state index contributed by atoms with van der Waals surface area (Å²) in [4.78, 5) is 48.5. The van der Waals surface area contributed by atoms with E-state index >= 15 is 0 Å². The number of nitrogens with one attached hydrogen (secondary N) is 1. The van der Waals surface area contributed by atoms with Gasteiger partial charge in [-0.05, 0) is 44.1 Å². The molecule has 1 fully saturated rings. The number of nitrogens with two attached hydrogens (primary N) is 1. The fourth-order valence-corrected chi connectivity index (χ4v) is 7.13. The molecule has 3 rings (SSSR count). The second-order valence-electron chi connectivity index (χ2n) is 13.8. The number of nitrogens with zero attached hydrogens (tertiary/aromatic N) is 3. The molecule has 1 aromatic heterocycles. The Morgan fingerprint density at radius 3 is 2.28 bits per heavy atom. The van der Waals surface area contributed by atoms with E-state index in [0.717, 1.165) is 48.8 Å². The summed E-state index contributed by atoms with van der Waals surface area (Å²) in [6.45, 7) is 8.00. The number of hydrogen-bond acceptors (Lipinski definition) is 8. The number of nitrogen functional groups attached to an aromatic ring is 1. The van der Waals surface area contributed by atoms with Crippen LogP contribution in [0, 0.1) is 31.6 Å². The second-order valence-corrected chi connectivity index (χ2v) is 14.7. The van der Waals surface area contributed by atoms with Crippen molar-refractivity contribution in [1.29, 1.82) is 0 Å². The highest BCUT2D eigenvalue weighted by Gasteiger charge is 2.40. The number of aromatic nitrogens is 1. The molecule has 4 atom stereocenters. The summed E-state index contributed by atoms with van der Waals surface area (Å²) in [5.41, 5.74) is 9.67. The van der Waals surface area contributed by atoms with E-state index in [1.807, 2.05) is 39.8 Å². The zero-order chi connectivity index (χ0) is 34.0. The Morgan fingerprint density at radius 2 is 1.72 bits per heavy atom. The van der Waals surface area contributed by atoms with Crippen molar-refractivity contribution in [3.63, 3.8) is 0 Å². The molecule has 1 saturated carbocycles. The van der Waals surface area contributed by atoms with Crippen LogP contribution in [-0.4, -0.2) is 81.6 Å². The summed E-state index contributed by atoms with van der Waals surface area (Å²) in [6.07, 6.45) is 3.75. The Kier molecular flexibility index (Phi) is 14.5. The molecule has 10 nitrogen and oxygen atoms in total. The number of aryl methyl sites for hydroxylation is 2. The number of hydrogen-bond donors (Lipinski definition) is 4. The van der Waals surface area contributed by atoms with Crippen molar-refractivity contribution < 1.29 is 24.6 Å². The fraction of sp³-hybridized carbons (Fsp3) is 0.657. The van der Waals surface area contributed by atoms with Crippen LogP contribution in [-0.2, 0) is 27.3 Å². The van der Waals surface area contributed by atoms with Crippen LogP contribution in [0.5, 0.6) is 0 Å². The van der Waals surface area contributed by atoms with Gasteiger partial charge in [0, 0.05) is 38.9 Å². The van der Waals surface area contributed by atoms with Crippen molar-refractivity contribution in [2.75, 3.05) is 26.4 Å². The van der Waals surface area contributed by atoms with Crippen molar-refractivity contribution in [2.45, 2.75) is 110 Å². The van der Waals surface area contributed by atoms with Crippen molar-refractivity contribution in [3.05, 3.63) is 46.0 Å². The summed E-state index contributed by atoms with van der Waals surface area (Å²) in [5, 5.41) is 27.9. The van der Waals surface area contributed by atoms with Gasteiger partial charge in [0.1, 0.15) is 12.6 Å². The van der Waals surface area contributed by atoms with Crippen LogP contribution < -0.4 is 11.1 Å². The highest BCUT2D eigenvalue weighted by atomic mass is 32.1. The van der Waals surface area contributed by atoms with Crippen LogP contribution in [0.2, 0.25) is 0 Å². The average Bonchev–Trinajstić information content (AvgIpc) is 3.40. The van der Waals surface area contributed by atoms with Crippen LogP contribution in [0.3, 0.4) is 0 Å². The lowest BCUT2D eigenvalue weighted by molar-refractivity contribution is -0.151. The summed E-state index contributed by atoms with van der Waals surface area (Å²) in [7, 11) is 3.25. The molecule has 11 heteroatoms. The smallest absolute Gasteiger partial charge is 0.241 e. The number of carbonyl (C=O) groups is 3. The normalized spacial score (nSPS) is 16.5. The molecule has 0 spiro atoms. The number of thiazole rings is 1. The zero-order valence-electron chi connectivity index (χ0n) is 28.5. The average molecular weight is 658 g/mol. The van der Waals surface area contributed by atoms with Gasteiger partial charge in [-0.1, -0.05) is 75.3 Å². The van der Waals surface area contributed by atoms with Crippen LogP contribution in [0.4, 0.5) is 5.13 Å².